The number of rotatable bonds is 3. The van der Waals surface area contributed by atoms with Gasteiger partial charge in [-0.2, -0.15) is 0 Å². The van der Waals surface area contributed by atoms with Crippen LogP contribution >= 0.6 is 0 Å². The summed E-state index contributed by atoms with van der Waals surface area (Å²) in [6, 6.07) is 10.9. The molecule has 1 aliphatic heterocycles. The van der Waals surface area contributed by atoms with Crippen LogP contribution in [0.1, 0.15) is 55.0 Å². The number of aromatic amines is 1. The fraction of sp³-hybridized carbons (Fsp3) is 0.409. The molecule has 0 unspecified atom stereocenters. The highest BCUT2D eigenvalue weighted by Crippen LogP contribution is 2.33. The molecule has 2 heterocycles. The van der Waals surface area contributed by atoms with E-state index in [1.165, 1.54) is 19.3 Å². The second-order valence-electron chi connectivity index (χ2n) is 7.96. The highest BCUT2D eigenvalue weighted by atomic mass is 32.2. The van der Waals surface area contributed by atoms with Gasteiger partial charge in [-0.1, -0.05) is 31.4 Å². The normalized spacial score (nSPS) is 18.3. The number of aromatic nitrogens is 2. The third-order valence-corrected chi connectivity index (χ3v) is 8.00. The lowest BCUT2D eigenvalue weighted by Crippen LogP contribution is -2.25. The molecule has 0 bridgehead atoms. The number of sulfone groups is 1. The van der Waals surface area contributed by atoms with E-state index in [4.69, 9.17) is 4.98 Å². The van der Waals surface area contributed by atoms with E-state index in [2.05, 4.69) is 10.3 Å². The number of hydrogen-bond acceptors (Lipinski definition) is 4. The third-order valence-electron chi connectivity index (χ3n) is 6.16. The molecule has 1 saturated carbocycles. The Bertz CT molecular complexity index is 1130. The lowest BCUT2D eigenvalue weighted by Gasteiger charge is -2.20. The molecule has 5 rings (SSSR count). The van der Waals surface area contributed by atoms with Crippen molar-refractivity contribution in [3.05, 3.63) is 53.3 Å². The summed E-state index contributed by atoms with van der Waals surface area (Å²) in [7, 11) is -3.56. The summed E-state index contributed by atoms with van der Waals surface area (Å²) in [6.45, 7) is 1.53. The maximum atomic E-state index is 13.4. The van der Waals surface area contributed by atoms with Crippen LogP contribution in [0.25, 0.3) is 11.0 Å². The van der Waals surface area contributed by atoms with Crippen molar-refractivity contribution < 1.29 is 8.42 Å². The van der Waals surface area contributed by atoms with Gasteiger partial charge in [-0.15, -0.1) is 0 Å². The number of fused-ring (bicyclic) bond motifs is 2. The van der Waals surface area contributed by atoms with Crippen LogP contribution in [0.3, 0.4) is 0 Å². The van der Waals surface area contributed by atoms with Crippen molar-refractivity contribution >= 4 is 20.9 Å². The molecule has 146 valence electrons. The SMILES string of the molecule is O=S(=O)(c1ccc2nc(C3CCCCC3)[nH]c2c1)c1cccc2c1CCNC2. The molecule has 6 heteroatoms. The summed E-state index contributed by atoms with van der Waals surface area (Å²) in [6.07, 6.45) is 6.86. The van der Waals surface area contributed by atoms with Gasteiger partial charge in [0.1, 0.15) is 5.82 Å². The van der Waals surface area contributed by atoms with Gasteiger partial charge in [0, 0.05) is 12.5 Å². The zero-order chi connectivity index (χ0) is 19.1. The van der Waals surface area contributed by atoms with Gasteiger partial charge >= 0.3 is 0 Å². The van der Waals surface area contributed by atoms with Crippen molar-refractivity contribution in [3.8, 4) is 0 Å². The molecule has 3 aromatic rings. The Labute approximate surface area is 165 Å². The second-order valence-corrected chi connectivity index (χ2v) is 9.88. The van der Waals surface area contributed by atoms with Crippen molar-refractivity contribution in [1.82, 2.24) is 15.3 Å². The van der Waals surface area contributed by atoms with Gasteiger partial charge in [-0.3, -0.25) is 0 Å². The molecule has 0 radical (unpaired) electrons. The number of benzene rings is 2. The Hall–Kier alpha value is -2.18. The molecule has 0 saturated heterocycles. The molecule has 0 atom stereocenters. The number of nitrogens with one attached hydrogen (secondary N) is 2. The van der Waals surface area contributed by atoms with Gasteiger partial charge in [0.15, 0.2) is 0 Å². The molecular weight excluding hydrogens is 370 g/mol. The van der Waals surface area contributed by atoms with Crippen molar-refractivity contribution in [2.45, 2.75) is 60.8 Å². The van der Waals surface area contributed by atoms with Crippen LogP contribution in [0.5, 0.6) is 0 Å². The molecule has 0 spiro atoms. The summed E-state index contributed by atoms with van der Waals surface area (Å²) >= 11 is 0. The Kier molecular flexibility index (Phi) is 4.48. The number of imidazole rings is 1. The molecule has 2 N–H and O–H groups in total. The average Bonchev–Trinajstić information content (AvgIpc) is 3.17. The average molecular weight is 396 g/mol. The Morgan fingerprint density at radius 1 is 1.04 bits per heavy atom. The molecule has 1 fully saturated rings. The van der Waals surface area contributed by atoms with Crippen LogP contribution in [0.15, 0.2) is 46.2 Å². The van der Waals surface area contributed by atoms with Gasteiger partial charge in [0.2, 0.25) is 9.84 Å². The minimum Gasteiger partial charge on any atom is -0.342 e. The Morgan fingerprint density at radius 3 is 2.75 bits per heavy atom. The van der Waals surface area contributed by atoms with Gasteiger partial charge < -0.3 is 10.3 Å². The summed E-state index contributed by atoms with van der Waals surface area (Å²) in [5, 5.41) is 3.31. The van der Waals surface area contributed by atoms with Gasteiger partial charge in [0.05, 0.1) is 20.8 Å². The summed E-state index contributed by atoms with van der Waals surface area (Å²) in [5.74, 6) is 1.47. The fourth-order valence-electron chi connectivity index (χ4n) is 4.62. The second kappa shape index (κ2) is 7.01. The first kappa shape index (κ1) is 17.9. The van der Waals surface area contributed by atoms with Crippen molar-refractivity contribution in [2.75, 3.05) is 6.54 Å². The van der Waals surface area contributed by atoms with E-state index >= 15 is 0 Å². The van der Waals surface area contributed by atoms with E-state index in [1.54, 1.807) is 18.2 Å². The van der Waals surface area contributed by atoms with Crippen molar-refractivity contribution in [3.63, 3.8) is 0 Å². The quantitative estimate of drug-likeness (QED) is 0.700. The molecule has 1 aromatic heterocycles. The molecule has 5 nitrogen and oxygen atoms in total. The van der Waals surface area contributed by atoms with Crippen LogP contribution in [-0.4, -0.2) is 24.9 Å². The predicted molar refractivity (Wildman–Crippen MR) is 109 cm³/mol. The summed E-state index contributed by atoms with van der Waals surface area (Å²) in [5.41, 5.74) is 3.69. The van der Waals surface area contributed by atoms with E-state index in [-0.39, 0.29) is 0 Å². The minimum atomic E-state index is -3.56. The van der Waals surface area contributed by atoms with E-state index in [1.807, 2.05) is 18.2 Å². The first-order valence-electron chi connectivity index (χ1n) is 10.2. The molecule has 28 heavy (non-hydrogen) atoms. The van der Waals surface area contributed by atoms with E-state index < -0.39 is 9.84 Å². The van der Waals surface area contributed by atoms with Crippen LogP contribution < -0.4 is 5.32 Å². The smallest absolute Gasteiger partial charge is 0.206 e. The van der Waals surface area contributed by atoms with E-state index in [0.29, 0.717) is 15.7 Å². The maximum absolute atomic E-state index is 13.4. The first-order valence-corrected chi connectivity index (χ1v) is 11.7. The van der Waals surface area contributed by atoms with Crippen LogP contribution in [-0.2, 0) is 22.8 Å². The van der Waals surface area contributed by atoms with Crippen molar-refractivity contribution in [2.24, 2.45) is 0 Å². The highest BCUT2D eigenvalue weighted by Gasteiger charge is 2.25. The maximum Gasteiger partial charge on any atom is 0.206 e. The number of H-pyrrole nitrogens is 1. The van der Waals surface area contributed by atoms with Crippen LogP contribution in [0, 0.1) is 0 Å². The van der Waals surface area contributed by atoms with Gasteiger partial charge in [-0.25, -0.2) is 13.4 Å². The zero-order valence-corrected chi connectivity index (χ0v) is 16.7. The van der Waals surface area contributed by atoms with E-state index in [9.17, 15) is 8.42 Å². The topological polar surface area (TPSA) is 74.8 Å². The Morgan fingerprint density at radius 2 is 1.89 bits per heavy atom. The largest absolute Gasteiger partial charge is 0.342 e. The van der Waals surface area contributed by atoms with Gasteiger partial charge in [0.25, 0.3) is 0 Å². The monoisotopic (exact) mass is 395 g/mol. The minimum absolute atomic E-state index is 0.339. The van der Waals surface area contributed by atoms with E-state index in [0.717, 1.165) is 60.3 Å². The number of hydrogen-bond donors (Lipinski definition) is 2. The third kappa shape index (κ3) is 3.05. The standard InChI is InChI=1S/C22H25N3O2S/c26-28(27,21-8-4-7-16-14-23-12-11-18(16)21)17-9-10-19-20(13-17)25-22(24-19)15-5-2-1-3-6-15/h4,7-10,13,15,23H,1-3,5-6,11-12,14H2,(H,24,25). The molecule has 2 aromatic carbocycles. The lowest BCUT2D eigenvalue weighted by molar-refractivity contribution is 0.431. The predicted octanol–water partition coefficient (Wildman–Crippen LogP) is 4.09. The van der Waals surface area contributed by atoms with Gasteiger partial charge in [-0.05, 0) is 61.2 Å². The fourth-order valence-corrected chi connectivity index (χ4v) is 6.21. The van der Waals surface area contributed by atoms with Crippen molar-refractivity contribution in [1.29, 1.82) is 0 Å². The first-order chi connectivity index (χ1) is 13.6. The molecule has 0 amide bonds. The van der Waals surface area contributed by atoms with Crippen LogP contribution in [0.2, 0.25) is 0 Å². The highest BCUT2D eigenvalue weighted by molar-refractivity contribution is 7.91. The lowest BCUT2D eigenvalue weighted by atomic mass is 9.89. The van der Waals surface area contributed by atoms with Crippen LogP contribution in [0.4, 0.5) is 0 Å². The summed E-state index contributed by atoms with van der Waals surface area (Å²) in [4.78, 5) is 8.93. The molecule has 1 aliphatic carbocycles. The molecule has 2 aliphatic rings. The number of nitrogens with zero attached hydrogens (tertiary/aromatic N) is 1. The zero-order valence-electron chi connectivity index (χ0n) is 15.9. The summed E-state index contributed by atoms with van der Waals surface area (Å²) < 4.78 is 26.8. The molecular formula is C22H25N3O2S. The Balaban J connectivity index is 1.55.